The highest BCUT2D eigenvalue weighted by Crippen LogP contribution is 2.43. The first-order chi connectivity index (χ1) is 11.9. The van der Waals surface area contributed by atoms with Crippen LogP contribution in [0, 0.1) is 11.8 Å². The van der Waals surface area contributed by atoms with Crippen molar-refractivity contribution >= 4 is 11.8 Å². The van der Waals surface area contributed by atoms with E-state index in [2.05, 4.69) is 6.92 Å². The molecule has 1 spiro atoms. The molecule has 0 aromatic heterocycles. The minimum absolute atomic E-state index is 0.0240. The van der Waals surface area contributed by atoms with Crippen LogP contribution in [0.15, 0.2) is 0 Å². The topological polar surface area (TPSA) is 59.1 Å². The molecule has 2 saturated heterocycles. The first-order valence-corrected chi connectivity index (χ1v) is 9.75. The van der Waals surface area contributed by atoms with E-state index in [4.69, 9.17) is 9.47 Å². The van der Waals surface area contributed by atoms with Crippen LogP contribution in [0.5, 0.6) is 0 Å². The van der Waals surface area contributed by atoms with Gasteiger partial charge in [-0.2, -0.15) is 0 Å². The number of morpholine rings is 1. The molecule has 1 atom stereocenters. The van der Waals surface area contributed by atoms with Crippen molar-refractivity contribution in [1.29, 1.82) is 0 Å². The van der Waals surface area contributed by atoms with E-state index in [9.17, 15) is 9.59 Å². The Morgan fingerprint density at radius 3 is 2.40 bits per heavy atom. The summed E-state index contributed by atoms with van der Waals surface area (Å²) in [7, 11) is 0. The molecular formula is C19H32N2O4. The standard InChI is InChI=1S/C19H32N2O4/c1-14(2)12-17(22)21-16(18(23)20-8-10-24-11-9-20)13-25-19(21)6-4-15(3)5-7-19/h14-16H,4-13H2,1-3H3. The van der Waals surface area contributed by atoms with Gasteiger partial charge in [0.2, 0.25) is 11.8 Å². The number of hydrogen-bond donors (Lipinski definition) is 0. The molecule has 3 rings (SSSR count). The molecule has 6 nitrogen and oxygen atoms in total. The normalized spacial score (nSPS) is 33.3. The lowest BCUT2D eigenvalue weighted by atomic mass is 9.83. The summed E-state index contributed by atoms with van der Waals surface area (Å²) in [6.45, 7) is 9.01. The fraction of sp³-hybridized carbons (Fsp3) is 0.895. The van der Waals surface area contributed by atoms with Crippen LogP contribution in [-0.4, -0.2) is 66.3 Å². The van der Waals surface area contributed by atoms with Crippen molar-refractivity contribution in [3.05, 3.63) is 0 Å². The maximum atomic E-state index is 13.1. The van der Waals surface area contributed by atoms with Gasteiger partial charge >= 0.3 is 0 Å². The van der Waals surface area contributed by atoms with Gasteiger partial charge in [0.15, 0.2) is 0 Å². The number of rotatable bonds is 3. The van der Waals surface area contributed by atoms with Gasteiger partial charge in [0.1, 0.15) is 11.8 Å². The minimum Gasteiger partial charge on any atom is -0.378 e. The van der Waals surface area contributed by atoms with Gasteiger partial charge in [-0.05, 0) is 37.5 Å². The van der Waals surface area contributed by atoms with Crippen LogP contribution in [0.4, 0.5) is 0 Å². The Balaban J connectivity index is 1.81. The fourth-order valence-corrected chi connectivity index (χ4v) is 4.29. The van der Waals surface area contributed by atoms with E-state index in [1.54, 1.807) is 0 Å². The maximum Gasteiger partial charge on any atom is 0.248 e. The predicted octanol–water partition coefficient (Wildman–Crippen LogP) is 2.03. The highest BCUT2D eigenvalue weighted by atomic mass is 16.5. The Kier molecular flexibility index (Phi) is 5.68. The largest absolute Gasteiger partial charge is 0.378 e. The molecule has 6 heteroatoms. The number of carbonyl (C=O) groups is 2. The van der Waals surface area contributed by atoms with Gasteiger partial charge in [0, 0.05) is 19.5 Å². The molecule has 3 aliphatic rings. The second-order valence-corrected chi connectivity index (χ2v) is 8.25. The van der Waals surface area contributed by atoms with Gasteiger partial charge in [0.05, 0.1) is 19.8 Å². The van der Waals surface area contributed by atoms with Crippen molar-refractivity contribution < 1.29 is 19.1 Å². The molecule has 2 heterocycles. The zero-order valence-electron chi connectivity index (χ0n) is 15.8. The molecule has 0 aromatic rings. The lowest BCUT2D eigenvalue weighted by Crippen LogP contribution is -2.58. The first-order valence-electron chi connectivity index (χ1n) is 9.75. The van der Waals surface area contributed by atoms with Crippen LogP contribution in [0.2, 0.25) is 0 Å². The summed E-state index contributed by atoms with van der Waals surface area (Å²) in [4.78, 5) is 29.8. The Labute approximate surface area is 150 Å². The Morgan fingerprint density at radius 2 is 1.80 bits per heavy atom. The first kappa shape index (κ1) is 18.6. The number of ether oxygens (including phenoxy) is 2. The van der Waals surface area contributed by atoms with Gasteiger partial charge < -0.3 is 14.4 Å². The molecule has 1 aliphatic carbocycles. The van der Waals surface area contributed by atoms with Crippen molar-refractivity contribution in [3.63, 3.8) is 0 Å². The average molecular weight is 352 g/mol. The summed E-state index contributed by atoms with van der Waals surface area (Å²) < 4.78 is 11.6. The molecule has 0 radical (unpaired) electrons. The monoisotopic (exact) mass is 352 g/mol. The molecule has 2 aliphatic heterocycles. The van der Waals surface area contributed by atoms with Crippen molar-refractivity contribution in [1.82, 2.24) is 9.80 Å². The molecule has 1 unspecified atom stereocenters. The molecule has 0 N–H and O–H groups in total. The maximum absolute atomic E-state index is 13.1. The van der Waals surface area contributed by atoms with E-state index in [-0.39, 0.29) is 17.7 Å². The number of carbonyl (C=O) groups excluding carboxylic acids is 2. The van der Waals surface area contributed by atoms with E-state index in [0.29, 0.717) is 45.2 Å². The molecule has 1 saturated carbocycles. The second-order valence-electron chi connectivity index (χ2n) is 8.25. The molecule has 2 amide bonds. The molecule has 142 valence electrons. The van der Waals surface area contributed by atoms with E-state index in [1.807, 2.05) is 23.6 Å². The number of hydrogen-bond acceptors (Lipinski definition) is 4. The van der Waals surface area contributed by atoms with Crippen LogP contribution < -0.4 is 0 Å². The third-order valence-electron chi connectivity index (χ3n) is 5.78. The van der Waals surface area contributed by atoms with Crippen LogP contribution in [0.1, 0.15) is 52.9 Å². The Hall–Kier alpha value is -1.14. The number of amides is 2. The average Bonchev–Trinajstić information content (AvgIpc) is 2.96. The summed E-state index contributed by atoms with van der Waals surface area (Å²) >= 11 is 0. The zero-order chi connectivity index (χ0) is 18.0. The van der Waals surface area contributed by atoms with Gasteiger partial charge in [-0.25, -0.2) is 0 Å². The second kappa shape index (κ2) is 7.62. The summed E-state index contributed by atoms with van der Waals surface area (Å²) in [5.74, 6) is 1.02. The number of nitrogens with zero attached hydrogens (tertiary/aromatic N) is 2. The quantitative estimate of drug-likeness (QED) is 0.780. The third-order valence-corrected chi connectivity index (χ3v) is 5.78. The third kappa shape index (κ3) is 3.85. The van der Waals surface area contributed by atoms with E-state index < -0.39 is 11.8 Å². The summed E-state index contributed by atoms with van der Waals surface area (Å²) in [5, 5.41) is 0. The fourth-order valence-electron chi connectivity index (χ4n) is 4.29. The smallest absolute Gasteiger partial charge is 0.248 e. The van der Waals surface area contributed by atoms with E-state index in [1.165, 1.54) is 0 Å². The zero-order valence-corrected chi connectivity index (χ0v) is 15.8. The highest BCUT2D eigenvalue weighted by molar-refractivity contribution is 5.89. The summed E-state index contributed by atoms with van der Waals surface area (Å²) in [6, 6.07) is -0.474. The SMILES string of the molecule is CC(C)CC(=O)N1C(C(=O)N2CCOCC2)COC12CCC(C)CC2. The predicted molar refractivity (Wildman–Crippen MR) is 93.8 cm³/mol. The van der Waals surface area contributed by atoms with Crippen LogP contribution in [-0.2, 0) is 19.1 Å². The van der Waals surface area contributed by atoms with Crippen molar-refractivity contribution in [2.24, 2.45) is 11.8 Å². The van der Waals surface area contributed by atoms with Crippen LogP contribution in [0.3, 0.4) is 0 Å². The molecular weight excluding hydrogens is 320 g/mol. The van der Waals surface area contributed by atoms with Gasteiger partial charge in [-0.1, -0.05) is 20.8 Å². The minimum atomic E-state index is -0.564. The van der Waals surface area contributed by atoms with E-state index in [0.717, 1.165) is 25.7 Å². The van der Waals surface area contributed by atoms with Crippen molar-refractivity contribution in [2.75, 3.05) is 32.9 Å². The lowest BCUT2D eigenvalue weighted by molar-refractivity contribution is -0.164. The Bertz CT molecular complexity index is 494. The molecule has 0 bridgehead atoms. The van der Waals surface area contributed by atoms with Crippen LogP contribution >= 0.6 is 0 Å². The van der Waals surface area contributed by atoms with Crippen molar-refractivity contribution in [3.8, 4) is 0 Å². The molecule has 0 aromatic carbocycles. The van der Waals surface area contributed by atoms with Crippen LogP contribution in [0.25, 0.3) is 0 Å². The Morgan fingerprint density at radius 1 is 1.16 bits per heavy atom. The molecule has 3 fully saturated rings. The van der Waals surface area contributed by atoms with E-state index >= 15 is 0 Å². The molecule has 25 heavy (non-hydrogen) atoms. The van der Waals surface area contributed by atoms with Crippen molar-refractivity contribution in [2.45, 2.75) is 64.6 Å². The highest BCUT2D eigenvalue weighted by Gasteiger charge is 2.53. The van der Waals surface area contributed by atoms with Gasteiger partial charge in [0.25, 0.3) is 0 Å². The summed E-state index contributed by atoms with van der Waals surface area (Å²) in [6.07, 6.45) is 4.23. The summed E-state index contributed by atoms with van der Waals surface area (Å²) in [5.41, 5.74) is -0.564. The van der Waals surface area contributed by atoms with Gasteiger partial charge in [-0.15, -0.1) is 0 Å². The van der Waals surface area contributed by atoms with Gasteiger partial charge in [-0.3, -0.25) is 14.5 Å². The lowest BCUT2D eigenvalue weighted by Gasteiger charge is -2.44.